The average molecular weight is 271 g/mol. The van der Waals surface area contributed by atoms with Gasteiger partial charge in [0.1, 0.15) is 0 Å². The minimum absolute atomic E-state index is 0.682. The minimum atomic E-state index is 0.682. The highest BCUT2D eigenvalue weighted by Crippen LogP contribution is 2.16. The second-order valence-electron chi connectivity index (χ2n) is 5.88. The zero-order chi connectivity index (χ0) is 14.3. The van der Waals surface area contributed by atoms with Crippen molar-refractivity contribution in [1.82, 2.24) is 5.32 Å². The lowest BCUT2D eigenvalue weighted by molar-refractivity contribution is 0.168. The van der Waals surface area contributed by atoms with Gasteiger partial charge in [0.05, 0.1) is 0 Å². The standard InChI is InChI=1S/C17H37NO/c1-5-7-8-9-10-11-12-17(18-14-6-2)16(3)13-15-19-4/h16-18H,5-15H2,1-4H3. The molecule has 0 bridgehead atoms. The molecule has 2 heteroatoms. The second kappa shape index (κ2) is 14.3. The smallest absolute Gasteiger partial charge is 0.0465 e. The van der Waals surface area contributed by atoms with Crippen LogP contribution in [0.3, 0.4) is 0 Å². The van der Waals surface area contributed by atoms with E-state index in [0.717, 1.165) is 19.1 Å². The molecule has 1 N–H and O–H groups in total. The molecule has 0 aromatic rings. The van der Waals surface area contributed by atoms with Crippen LogP contribution in [0.4, 0.5) is 0 Å². The summed E-state index contributed by atoms with van der Waals surface area (Å²) in [5.41, 5.74) is 0. The van der Waals surface area contributed by atoms with Gasteiger partial charge in [-0.05, 0) is 31.7 Å². The van der Waals surface area contributed by atoms with Crippen LogP contribution in [0.5, 0.6) is 0 Å². The molecule has 0 amide bonds. The molecule has 0 fully saturated rings. The van der Waals surface area contributed by atoms with Crippen molar-refractivity contribution in [3.05, 3.63) is 0 Å². The van der Waals surface area contributed by atoms with Crippen molar-refractivity contribution in [3.8, 4) is 0 Å². The van der Waals surface area contributed by atoms with Gasteiger partial charge in [0.25, 0.3) is 0 Å². The SMILES string of the molecule is CCCCCCCCC(NCCC)C(C)CCOC. The predicted octanol–water partition coefficient (Wildman–Crippen LogP) is 4.78. The van der Waals surface area contributed by atoms with E-state index >= 15 is 0 Å². The molecular formula is C17H37NO. The van der Waals surface area contributed by atoms with E-state index in [2.05, 4.69) is 26.1 Å². The molecule has 0 saturated heterocycles. The van der Waals surface area contributed by atoms with Gasteiger partial charge in [0.2, 0.25) is 0 Å². The first-order valence-electron chi connectivity index (χ1n) is 8.48. The predicted molar refractivity (Wildman–Crippen MR) is 85.7 cm³/mol. The third-order valence-corrected chi connectivity index (χ3v) is 3.99. The minimum Gasteiger partial charge on any atom is -0.385 e. The van der Waals surface area contributed by atoms with Gasteiger partial charge in [-0.15, -0.1) is 0 Å². The maximum atomic E-state index is 5.21. The summed E-state index contributed by atoms with van der Waals surface area (Å²) in [6, 6.07) is 0.682. The molecule has 2 nitrogen and oxygen atoms in total. The van der Waals surface area contributed by atoms with Crippen LogP contribution >= 0.6 is 0 Å². The Labute approximate surface area is 121 Å². The third kappa shape index (κ3) is 11.4. The Balaban J connectivity index is 3.78. The Morgan fingerprint density at radius 3 is 2.21 bits per heavy atom. The van der Waals surface area contributed by atoms with Crippen molar-refractivity contribution >= 4 is 0 Å². The highest BCUT2D eigenvalue weighted by Gasteiger charge is 2.15. The molecule has 0 aromatic carbocycles. The van der Waals surface area contributed by atoms with E-state index in [0.29, 0.717) is 6.04 Å². The van der Waals surface area contributed by atoms with Gasteiger partial charge in [-0.1, -0.05) is 59.3 Å². The molecule has 0 aliphatic heterocycles. The fraction of sp³-hybridized carbons (Fsp3) is 1.00. The van der Waals surface area contributed by atoms with E-state index in [9.17, 15) is 0 Å². The van der Waals surface area contributed by atoms with Gasteiger partial charge in [-0.3, -0.25) is 0 Å². The number of hydrogen-bond donors (Lipinski definition) is 1. The third-order valence-electron chi connectivity index (χ3n) is 3.99. The highest BCUT2D eigenvalue weighted by atomic mass is 16.5. The first-order valence-corrected chi connectivity index (χ1v) is 8.48. The van der Waals surface area contributed by atoms with E-state index in [1.165, 1.54) is 57.8 Å². The molecule has 0 aliphatic rings. The Kier molecular flexibility index (Phi) is 14.3. The second-order valence-corrected chi connectivity index (χ2v) is 5.88. The van der Waals surface area contributed by atoms with E-state index in [4.69, 9.17) is 4.74 Å². The van der Waals surface area contributed by atoms with Crippen LogP contribution in [0, 0.1) is 5.92 Å². The van der Waals surface area contributed by atoms with Crippen molar-refractivity contribution in [3.63, 3.8) is 0 Å². The summed E-state index contributed by atoms with van der Waals surface area (Å²) in [6.45, 7) is 8.93. The summed E-state index contributed by atoms with van der Waals surface area (Å²) in [5.74, 6) is 0.724. The van der Waals surface area contributed by atoms with Gasteiger partial charge >= 0.3 is 0 Å². The van der Waals surface area contributed by atoms with Gasteiger partial charge in [0, 0.05) is 19.8 Å². The number of methoxy groups -OCH3 is 1. The van der Waals surface area contributed by atoms with Crippen LogP contribution in [0.25, 0.3) is 0 Å². The number of ether oxygens (including phenoxy) is 1. The molecule has 116 valence electrons. The van der Waals surface area contributed by atoms with Crippen LogP contribution in [0.1, 0.15) is 78.6 Å². The molecule has 2 unspecified atom stereocenters. The Morgan fingerprint density at radius 1 is 0.895 bits per heavy atom. The first-order chi connectivity index (χ1) is 9.26. The molecular weight excluding hydrogens is 234 g/mol. The normalized spacial score (nSPS) is 14.5. The molecule has 0 saturated carbocycles. The van der Waals surface area contributed by atoms with Crippen molar-refractivity contribution in [2.75, 3.05) is 20.3 Å². The molecule has 0 rings (SSSR count). The van der Waals surface area contributed by atoms with Gasteiger partial charge in [-0.25, -0.2) is 0 Å². The van der Waals surface area contributed by atoms with Gasteiger partial charge < -0.3 is 10.1 Å². The Bertz CT molecular complexity index is 173. The highest BCUT2D eigenvalue weighted by molar-refractivity contribution is 4.73. The lowest BCUT2D eigenvalue weighted by Crippen LogP contribution is -2.36. The van der Waals surface area contributed by atoms with Crippen molar-refractivity contribution in [2.45, 2.75) is 84.6 Å². The maximum Gasteiger partial charge on any atom is 0.0465 e. The zero-order valence-corrected chi connectivity index (χ0v) is 13.8. The van der Waals surface area contributed by atoms with E-state index in [-0.39, 0.29) is 0 Å². The van der Waals surface area contributed by atoms with Crippen LogP contribution in [-0.4, -0.2) is 26.3 Å². The fourth-order valence-electron chi connectivity index (χ4n) is 2.57. The van der Waals surface area contributed by atoms with Crippen molar-refractivity contribution in [1.29, 1.82) is 0 Å². The Hall–Kier alpha value is -0.0800. The molecule has 0 aliphatic carbocycles. The van der Waals surface area contributed by atoms with Crippen molar-refractivity contribution < 1.29 is 4.74 Å². The van der Waals surface area contributed by atoms with Gasteiger partial charge in [-0.2, -0.15) is 0 Å². The van der Waals surface area contributed by atoms with Crippen LogP contribution < -0.4 is 5.32 Å². The summed E-state index contributed by atoms with van der Waals surface area (Å²) in [5, 5.41) is 3.72. The number of rotatable bonds is 14. The zero-order valence-electron chi connectivity index (χ0n) is 13.8. The first kappa shape index (κ1) is 18.9. The molecule has 19 heavy (non-hydrogen) atoms. The van der Waals surface area contributed by atoms with E-state index < -0.39 is 0 Å². The van der Waals surface area contributed by atoms with Crippen LogP contribution in [-0.2, 0) is 4.74 Å². The lowest BCUT2D eigenvalue weighted by Gasteiger charge is -2.25. The summed E-state index contributed by atoms with van der Waals surface area (Å²) >= 11 is 0. The Morgan fingerprint density at radius 2 is 1.58 bits per heavy atom. The van der Waals surface area contributed by atoms with E-state index in [1.54, 1.807) is 7.11 Å². The largest absolute Gasteiger partial charge is 0.385 e. The maximum absolute atomic E-state index is 5.21. The summed E-state index contributed by atoms with van der Waals surface area (Å²) in [7, 11) is 1.80. The molecule has 0 heterocycles. The molecule has 2 atom stereocenters. The lowest BCUT2D eigenvalue weighted by atomic mass is 9.93. The molecule has 0 aromatic heterocycles. The number of hydrogen-bond acceptors (Lipinski definition) is 2. The average Bonchev–Trinajstić information content (AvgIpc) is 2.43. The summed E-state index contributed by atoms with van der Waals surface area (Å²) < 4.78 is 5.21. The van der Waals surface area contributed by atoms with E-state index in [1.807, 2.05) is 0 Å². The number of unbranched alkanes of at least 4 members (excludes halogenated alkanes) is 5. The quantitative estimate of drug-likeness (QED) is 0.459. The topological polar surface area (TPSA) is 21.3 Å². The van der Waals surface area contributed by atoms with Crippen molar-refractivity contribution in [2.24, 2.45) is 5.92 Å². The van der Waals surface area contributed by atoms with Crippen LogP contribution in [0.15, 0.2) is 0 Å². The summed E-state index contributed by atoms with van der Waals surface area (Å²) in [6.07, 6.45) is 12.1. The molecule has 0 radical (unpaired) electrons. The summed E-state index contributed by atoms with van der Waals surface area (Å²) in [4.78, 5) is 0. The van der Waals surface area contributed by atoms with Gasteiger partial charge in [0.15, 0.2) is 0 Å². The monoisotopic (exact) mass is 271 g/mol. The number of nitrogens with one attached hydrogen (secondary N) is 1. The van der Waals surface area contributed by atoms with Crippen LogP contribution in [0.2, 0.25) is 0 Å². The fourth-order valence-corrected chi connectivity index (χ4v) is 2.57. The molecule has 0 spiro atoms.